The van der Waals surface area contributed by atoms with Crippen LogP contribution in [-0.2, 0) is 0 Å². The molecule has 0 saturated heterocycles. The average Bonchev–Trinajstić information content (AvgIpc) is 3.19. The summed E-state index contributed by atoms with van der Waals surface area (Å²) in [6, 6.07) is 55.7. The van der Waals surface area contributed by atoms with E-state index in [0.29, 0.717) is 17.5 Å². The molecule has 0 fully saturated rings. The molecule has 3 heterocycles. The van der Waals surface area contributed by atoms with Crippen LogP contribution in [0.25, 0.3) is 78.9 Å². The minimum Gasteiger partial charge on any atom is -0.256 e. The number of hydrogen-bond donors (Lipinski definition) is 0. The Hall–Kier alpha value is -6.59. The molecule has 48 heavy (non-hydrogen) atoms. The van der Waals surface area contributed by atoms with Crippen molar-refractivity contribution in [3.8, 4) is 78.9 Å². The zero-order valence-electron chi connectivity index (χ0n) is 26.0. The molecule has 0 atom stereocenters. The Morgan fingerprint density at radius 1 is 0.250 bits per heavy atom. The fourth-order valence-electron chi connectivity index (χ4n) is 5.76. The number of pyridine rings is 2. The molecule has 0 aliphatic heterocycles. The van der Waals surface area contributed by atoms with E-state index in [9.17, 15) is 0 Å². The van der Waals surface area contributed by atoms with E-state index in [1.165, 1.54) is 0 Å². The molecule has 8 aromatic rings. The van der Waals surface area contributed by atoms with Crippen LogP contribution >= 0.6 is 0 Å². The van der Waals surface area contributed by atoms with E-state index in [0.717, 1.165) is 61.5 Å². The number of benzene rings is 5. The molecule has 5 nitrogen and oxygen atoms in total. The van der Waals surface area contributed by atoms with E-state index in [2.05, 4.69) is 107 Å². The zero-order chi connectivity index (χ0) is 32.1. The van der Waals surface area contributed by atoms with E-state index < -0.39 is 0 Å². The first-order valence-electron chi connectivity index (χ1n) is 15.8. The first kappa shape index (κ1) is 28.9. The predicted molar refractivity (Wildman–Crippen MR) is 193 cm³/mol. The van der Waals surface area contributed by atoms with Crippen LogP contribution in [0.4, 0.5) is 0 Å². The lowest BCUT2D eigenvalue weighted by atomic mass is 10.00. The fraction of sp³-hybridized carbons (Fsp3) is 0. The van der Waals surface area contributed by atoms with Crippen LogP contribution in [0.15, 0.2) is 176 Å². The Morgan fingerprint density at radius 3 is 1.06 bits per heavy atom. The molecular weight excluding hydrogens is 587 g/mol. The summed E-state index contributed by atoms with van der Waals surface area (Å²) in [5.74, 6) is 1.87. The first-order chi connectivity index (χ1) is 23.8. The van der Waals surface area contributed by atoms with Crippen molar-refractivity contribution >= 4 is 0 Å². The summed E-state index contributed by atoms with van der Waals surface area (Å²) in [7, 11) is 0. The third kappa shape index (κ3) is 6.13. The normalized spacial score (nSPS) is 10.9. The predicted octanol–water partition coefficient (Wildman–Crippen LogP) is 10.3. The van der Waals surface area contributed by atoms with E-state index in [1.54, 1.807) is 0 Å². The Kier molecular flexibility index (Phi) is 7.83. The van der Waals surface area contributed by atoms with Crippen LogP contribution in [0, 0.1) is 0 Å². The number of rotatable bonds is 7. The molecule has 3 aromatic heterocycles. The second-order valence-electron chi connectivity index (χ2n) is 11.4. The summed E-state index contributed by atoms with van der Waals surface area (Å²) in [6.45, 7) is 0. The van der Waals surface area contributed by atoms with Crippen molar-refractivity contribution < 1.29 is 0 Å². The molecule has 0 radical (unpaired) electrons. The molecule has 0 bridgehead atoms. The van der Waals surface area contributed by atoms with Crippen LogP contribution in [-0.4, -0.2) is 24.9 Å². The van der Waals surface area contributed by atoms with Gasteiger partial charge in [0.1, 0.15) is 0 Å². The molecule has 0 aliphatic rings. The molecule has 0 amide bonds. The monoisotopic (exact) mass is 615 g/mol. The molecule has 0 N–H and O–H groups in total. The first-order valence-corrected chi connectivity index (χ1v) is 15.8. The maximum absolute atomic E-state index is 5.04. The SMILES string of the molecule is c1ccc(-c2nc(-c3cccc(-c4ccc(-c5ccccn5)cc4)c3)nc(-c3cccc(-c4ccc(-c5ccccn5)cc4)c3)n2)cc1. The van der Waals surface area contributed by atoms with Crippen molar-refractivity contribution in [2.24, 2.45) is 0 Å². The molecule has 0 spiro atoms. The topological polar surface area (TPSA) is 64.5 Å². The van der Waals surface area contributed by atoms with Gasteiger partial charge in [0.25, 0.3) is 0 Å². The van der Waals surface area contributed by atoms with Gasteiger partial charge in [-0.05, 0) is 58.7 Å². The summed E-state index contributed by atoms with van der Waals surface area (Å²) in [5.41, 5.74) is 11.2. The van der Waals surface area contributed by atoms with Crippen LogP contribution in [0.1, 0.15) is 0 Å². The largest absolute Gasteiger partial charge is 0.256 e. The molecule has 8 rings (SSSR count). The molecule has 5 aromatic carbocycles. The maximum atomic E-state index is 5.04. The number of nitrogens with zero attached hydrogens (tertiary/aromatic N) is 5. The lowest BCUT2D eigenvalue weighted by molar-refractivity contribution is 1.07. The van der Waals surface area contributed by atoms with Crippen molar-refractivity contribution in [1.82, 2.24) is 24.9 Å². The lowest BCUT2D eigenvalue weighted by Gasteiger charge is -2.11. The van der Waals surface area contributed by atoms with Gasteiger partial charge >= 0.3 is 0 Å². The highest BCUT2D eigenvalue weighted by atomic mass is 15.0. The van der Waals surface area contributed by atoms with E-state index in [-0.39, 0.29) is 0 Å². The van der Waals surface area contributed by atoms with Crippen LogP contribution < -0.4 is 0 Å². The van der Waals surface area contributed by atoms with Gasteiger partial charge in [-0.1, -0.05) is 127 Å². The Labute approximate surface area is 279 Å². The fourth-order valence-corrected chi connectivity index (χ4v) is 5.76. The van der Waals surface area contributed by atoms with Gasteiger partial charge < -0.3 is 0 Å². The molecule has 0 unspecified atom stereocenters. The Bertz CT molecular complexity index is 2160. The number of hydrogen-bond acceptors (Lipinski definition) is 5. The molecule has 0 aliphatic carbocycles. The second kappa shape index (κ2) is 13.0. The second-order valence-corrected chi connectivity index (χ2v) is 11.4. The van der Waals surface area contributed by atoms with Crippen molar-refractivity contribution in [2.45, 2.75) is 0 Å². The van der Waals surface area contributed by atoms with Gasteiger partial charge in [-0.25, -0.2) is 15.0 Å². The van der Waals surface area contributed by atoms with Gasteiger partial charge in [0.05, 0.1) is 11.4 Å². The Morgan fingerprint density at radius 2 is 0.625 bits per heavy atom. The minimum atomic E-state index is 0.621. The molecule has 5 heteroatoms. The van der Waals surface area contributed by atoms with Crippen molar-refractivity contribution in [2.75, 3.05) is 0 Å². The molecule has 226 valence electrons. The van der Waals surface area contributed by atoms with Crippen LogP contribution in [0.2, 0.25) is 0 Å². The highest BCUT2D eigenvalue weighted by Gasteiger charge is 2.14. The van der Waals surface area contributed by atoms with E-state index in [4.69, 9.17) is 15.0 Å². The van der Waals surface area contributed by atoms with Gasteiger partial charge in [-0.15, -0.1) is 0 Å². The van der Waals surface area contributed by atoms with Gasteiger partial charge in [-0.3, -0.25) is 9.97 Å². The summed E-state index contributed by atoms with van der Waals surface area (Å²) in [6.07, 6.45) is 3.63. The average molecular weight is 616 g/mol. The maximum Gasteiger partial charge on any atom is 0.164 e. The van der Waals surface area contributed by atoms with Crippen LogP contribution in [0.3, 0.4) is 0 Å². The molecular formula is C43H29N5. The standard InChI is InChI=1S/C43H29N5/c1-2-10-34(11-3-1)41-46-42(37-14-8-12-35(28-37)30-18-22-32(23-19-30)39-16-4-6-26-44-39)48-43(47-41)38-15-9-13-36(29-38)31-20-24-33(25-21-31)40-17-5-7-27-45-40/h1-29H. The number of aromatic nitrogens is 5. The summed E-state index contributed by atoms with van der Waals surface area (Å²) in [4.78, 5) is 23.9. The minimum absolute atomic E-state index is 0.621. The van der Waals surface area contributed by atoms with Gasteiger partial charge in [-0.2, -0.15) is 0 Å². The van der Waals surface area contributed by atoms with Gasteiger partial charge in [0, 0.05) is 40.2 Å². The quantitative estimate of drug-likeness (QED) is 0.178. The third-order valence-electron chi connectivity index (χ3n) is 8.27. The van der Waals surface area contributed by atoms with Crippen molar-refractivity contribution in [3.63, 3.8) is 0 Å². The van der Waals surface area contributed by atoms with Crippen molar-refractivity contribution in [1.29, 1.82) is 0 Å². The summed E-state index contributed by atoms with van der Waals surface area (Å²) < 4.78 is 0. The zero-order valence-corrected chi connectivity index (χ0v) is 26.0. The Balaban J connectivity index is 1.16. The highest BCUT2D eigenvalue weighted by Crippen LogP contribution is 2.31. The lowest BCUT2D eigenvalue weighted by Crippen LogP contribution is -2.00. The van der Waals surface area contributed by atoms with Gasteiger partial charge in [0.15, 0.2) is 17.5 Å². The van der Waals surface area contributed by atoms with Crippen LogP contribution in [0.5, 0.6) is 0 Å². The summed E-state index contributed by atoms with van der Waals surface area (Å²) in [5, 5.41) is 0. The van der Waals surface area contributed by atoms with Gasteiger partial charge in [0.2, 0.25) is 0 Å². The molecule has 0 saturated carbocycles. The van der Waals surface area contributed by atoms with Crippen molar-refractivity contribution in [3.05, 3.63) is 176 Å². The highest BCUT2D eigenvalue weighted by molar-refractivity contribution is 5.76. The third-order valence-corrected chi connectivity index (χ3v) is 8.27. The summed E-state index contributed by atoms with van der Waals surface area (Å²) >= 11 is 0. The van der Waals surface area contributed by atoms with E-state index in [1.807, 2.05) is 79.1 Å². The smallest absolute Gasteiger partial charge is 0.164 e. The van der Waals surface area contributed by atoms with E-state index >= 15 is 0 Å².